The Bertz CT molecular complexity index is 1100. The molecule has 2 aromatic rings. The fraction of sp³-hybridized carbons (Fsp3) is 0.368. The lowest BCUT2D eigenvalue weighted by atomic mass is 10.2. The maximum Gasteiger partial charge on any atom is 0.338 e. The zero-order valence-corrected chi connectivity index (χ0v) is 18.6. The van der Waals surface area contributed by atoms with E-state index in [1.165, 1.54) is 33.3 Å². The van der Waals surface area contributed by atoms with Gasteiger partial charge in [0, 0.05) is 14.1 Å². The summed E-state index contributed by atoms with van der Waals surface area (Å²) in [5, 5.41) is 0. The Morgan fingerprint density at radius 3 is 2.43 bits per heavy atom. The number of carbonyl (C=O) groups excluding carboxylic acids is 2. The van der Waals surface area contributed by atoms with Crippen LogP contribution in [0.15, 0.2) is 26.2 Å². The van der Waals surface area contributed by atoms with Crippen molar-refractivity contribution in [2.75, 3.05) is 26.1 Å². The van der Waals surface area contributed by atoms with Crippen LogP contribution in [0.5, 0.6) is 11.5 Å². The Labute approximate surface area is 180 Å². The highest BCUT2D eigenvalue weighted by molar-refractivity contribution is 9.10. The van der Waals surface area contributed by atoms with Gasteiger partial charge in [-0.1, -0.05) is 6.92 Å². The Morgan fingerprint density at radius 2 is 1.83 bits per heavy atom. The first-order valence-electron chi connectivity index (χ1n) is 8.90. The van der Waals surface area contributed by atoms with Crippen molar-refractivity contribution < 1.29 is 23.8 Å². The largest absolute Gasteiger partial charge is 0.493 e. The van der Waals surface area contributed by atoms with Gasteiger partial charge in [0.2, 0.25) is 5.78 Å². The van der Waals surface area contributed by atoms with Crippen molar-refractivity contribution in [3.05, 3.63) is 48.6 Å². The number of nitrogen functional groups attached to an aromatic ring is 1. The van der Waals surface area contributed by atoms with Crippen LogP contribution in [0.4, 0.5) is 5.82 Å². The number of anilines is 1. The van der Waals surface area contributed by atoms with Crippen LogP contribution in [0.25, 0.3) is 0 Å². The number of nitrogens with zero attached hydrogens (tertiary/aromatic N) is 2. The molecule has 0 unspecified atom stereocenters. The summed E-state index contributed by atoms with van der Waals surface area (Å²) in [7, 11) is 3.97. The molecule has 0 aliphatic carbocycles. The predicted molar refractivity (Wildman–Crippen MR) is 112 cm³/mol. The van der Waals surface area contributed by atoms with Gasteiger partial charge in [-0.15, -0.1) is 0 Å². The van der Waals surface area contributed by atoms with E-state index in [1.54, 1.807) is 0 Å². The lowest BCUT2D eigenvalue weighted by Gasteiger charge is -2.14. The van der Waals surface area contributed by atoms with Crippen LogP contribution in [-0.4, -0.2) is 41.2 Å². The molecule has 1 aromatic carbocycles. The van der Waals surface area contributed by atoms with Crippen molar-refractivity contribution in [1.82, 2.24) is 9.13 Å². The maximum atomic E-state index is 12.5. The van der Waals surface area contributed by atoms with E-state index in [2.05, 4.69) is 15.9 Å². The minimum Gasteiger partial charge on any atom is -0.493 e. The molecule has 2 N–H and O–H groups in total. The summed E-state index contributed by atoms with van der Waals surface area (Å²) in [6.07, 6.45) is 0.787. The number of ketones is 1. The standard InChI is InChI=1S/C19H22BrN3O7/c1-5-6-29-15-11(20)7-10(8-13(15)28-4)18(26)30-9-12(24)14-16(21)22(2)19(27)23(3)17(14)25/h7-8H,5-6,9,21H2,1-4H3. The lowest BCUT2D eigenvalue weighted by molar-refractivity contribution is 0.0473. The predicted octanol–water partition coefficient (Wildman–Crippen LogP) is 1.27. The molecule has 11 heteroatoms. The molecule has 1 aromatic heterocycles. The minimum absolute atomic E-state index is 0.108. The molecule has 0 aliphatic heterocycles. The van der Waals surface area contributed by atoms with Gasteiger partial charge in [-0.25, -0.2) is 9.59 Å². The van der Waals surface area contributed by atoms with Gasteiger partial charge in [0.05, 0.1) is 23.8 Å². The Morgan fingerprint density at radius 1 is 1.17 bits per heavy atom. The number of benzene rings is 1. The lowest BCUT2D eigenvalue weighted by Crippen LogP contribution is -2.42. The average Bonchev–Trinajstić information content (AvgIpc) is 2.73. The highest BCUT2D eigenvalue weighted by Gasteiger charge is 2.22. The second-order valence-corrected chi connectivity index (χ2v) is 7.16. The first-order chi connectivity index (χ1) is 14.1. The van der Waals surface area contributed by atoms with E-state index in [1.807, 2.05) is 6.92 Å². The van der Waals surface area contributed by atoms with Crippen molar-refractivity contribution >= 4 is 33.5 Å². The molecular weight excluding hydrogens is 462 g/mol. The van der Waals surface area contributed by atoms with Crippen molar-refractivity contribution in [3.63, 3.8) is 0 Å². The molecule has 10 nitrogen and oxygen atoms in total. The van der Waals surface area contributed by atoms with Crippen LogP contribution in [0.3, 0.4) is 0 Å². The van der Waals surface area contributed by atoms with Crippen LogP contribution in [0.2, 0.25) is 0 Å². The molecule has 162 valence electrons. The molecule has 2 rings (SSSR count). The van der Waals surface area contributed by atoms with Gasteiger partial charge >= 0.3 is 11.7 Å². The third kappa shape index (κ3) is 4.56. The molecule has 0 amide bonds. The van der Waals surface area contributed by atoms with Crippen molar-refractivity contribution in [1.29, 1.82) is 0 Å². The van der Waals surface area contributed by atoms with E-state index < -0.39 is 35.2 Å². The van der Waals surface area contributed by atoms with Crippen LogP contribution in [0.1, 0.15) is 34.1 Å². The summed E-state index contributed by atoms with van der Waals surface area (Å²) in [5.74, 6) is -1.19. The Hall–Kier alpha value is -3.08. The molecule has 0 fully saturated rings. The molecular formula is C19H22BrN3O7. The zero-order valence-electron chi connectivity index (χ0n) is 17.0. The Balaban J connectivity index is 2.24. The van der Waals surface area contributed by atoms with Gasteiger partial charge in [-0.2, -0.15) is 0 Å². The molecule has 0 saturated carbocycles. The third-order valence-corrected chi connectivity index (χ3v) is 4.83. The number of methoxy groups -OCH3 is 1. The third-order valence-electron chi connectivity index (χ3n) is 4.24. The van der Waals surface area contributed by atoms with Crippen LogP contribution >= 0.6 is 15.9 Å². The second-order valence-electron chi connectivity index (χ2n) is 6.30. The van der Waals surface area contributed by atoms with Gasteiger partial charge in [0.15, 0.2) is 18.1 Å². The molecule has 0 bridgehead atoms. The minimum atomic E-state index is -0.863. The zero-order chi connectivity index (χ0) is 22.6. The van der Waals surface area contributed by atoms with Gasteiger partial charge < -0.3 is 19.9 Å². The van der Waals surface area contributed by atoms with Gasteiger partial charge in [0.25, 0.3) is 5.56 Å². The highest BCUT2D eigenvalue weighted by atomic mass is 79.9. The number of hydrogen-bond acceptors (Lipinski definition) is 8. The second kappa shape index (κ2) is 9.61. The number of nitrogens with two attached hydrogens (primary N) is 1. The van der Waals surface area contributed by atoms with E-state index in [0.717, 1.165) is 15.6 Å². The number of halogens is 1. The number of Topliss-reactive ketones (excluding diaryl/α,β-unsaturated/α-hetero) is 1. The molecule has 1 heterocycles. The highest BCUT2D eigenvalue weighted by Crippen LogP contribution is 2.37. The number of hydrogen-bond donors (Lipinski definition) is 1. The number of aromatic nitrogens is 2. The smallest absolute Gasteiger partial charge is 0.338 e. The van der Waals surface area contributed by atoms with Crippen molar-refractivity contribution in [2.45, 2.75) is 13.3 Å². The molecule has 0 saturated heterocycles. The number of esters is 1. The molecule has 0 spiro atoms. The van der Waals surface area contributed by atoms with Crippen molar-refractivity contribution in [3.8, 4) is 11.5 Å². The number of rotatable bonds is 8. The molecule has 0 aliphatic rings. The van der Waals surface area contributed by atoms with Gasteiger partial charge in [0.1, 0.15) is 11.4 Å². The quantitative estimate of drug-likeness (QED) is 0.438. The summed E-state index contributed by atoms with van der Waals surface area (Å²) in [5.41, 5.74) is 3.89. The molecule has 0 atom stereocenters. The van der Waals surface area contributed by atoms with E-state index in [9.17, 15) is 19.2 Å². The van der Waals surface area contributed by atoms with Crippen LogP contribution in [-0.2, 0) is 18.8 Å². The average molecular weight is 484 g/mol. The van der Waals surface area contributed by atoms with E-state index in [-0.39, 0.29) is 11.4 Å². The normalized spacial score (nSPS) is 10.6. The topological polar surface area (TPSA) is 132 Å². The molecule has 30 heavy (non-hydrogen) atoms. The number of carbonyl (C=O) groups is 2. The summed E-state index contributed by atoms with van der Waals surface area (Å²) in [4.78, 5) is 49.0. The fourth-order valence-corrected chi connectivity index (χ4v) is 3.15. The molecule has 0 radical (unpaired) electrons. The first kappa shape index (κ1) is 23.2. The van der Waals surface area contributed by atoms with Crippen molar-refractivity contribution in [2.24, 2.45) is 14.1 Å². The SMILES string of the molecule is CCCOc1c(Br)cc(C(=O)OCC(=O)c2c(N)n(C)c(=O)n(C)c2=O)cc1OC. The summed E-state index contributed by atoms with van der Waals surface area (Å²) in [6, 6.07) is 2.89. The maximum absolute atomic E-state index is 12.5. The van der Waals surface area contributed by atoms with Gasteiger partial charge in [-0.3, -0.25) is 18.7 Å². The van der Waals surface area contributed by atoms with E-state index in [4.69, 9.17) is 19.9 Å². The summed E-state index contributed by atoms with van der Waals surface area (Å²) >= 11 is 3.32. The Kier molecular flexibility index (Phi) is 7.43. The fourth-order valence-electron chi connectivity index (χ4n) is 2.59. The summed E-state index contributed by atoms with van der Waals surface area (Å²) in [6.45, 7) is 1.68. The monoisotopic (exact) mass is 483 g/mol. The van der Waals surface area contributed by atoms with E-state index in [0.29, 0.717) is 22.6 Å². The van der Waals surface area contributed by atoms with Crippen LogP contribution in [0, 0.1) is 0 Å². The van der Waals surface area contributed by atoms with Gasteiger partial charge in [-0.05, 0) is 34.5 Å². The first-order valence-corrected chi connectivity index (χ1v) is 9.69. The van der Waals surface area contributed by atoms with E-state index >= 15 is 0 Å². The number of ether oxygens (including phenoxy) is 3. The summed E-state index contributed by atoms with van der Waals surface area (Å²) < 4.78 is 18.1. The van der Waals surface area contributed by atoms with Crippen LogP contribution < -0.4 is 26.5 Å².